The summed E-state index contributed by atoms with van der Waals surface area (Å²) in [6.07, 6.45) is 0. The molecule has 3 aromatic rings. The molecule has 0 radical (unpaired) electrons. The molecule has 0 saturated heterocycles. The number of halogens is 1. The van der Waals surface area contributed by atoms with Gasteiger partial charge in [-0.25, -0.2) is 0 Å². The summed E-state index contributed by atoms with van der Waals surface area (Å²) < 4.78 is 6.04. The second-order valence-electron chi connectivity index (χ2n) is 4.94. The molecule has 2 aromatic carbocycles. The highest BCUT2D eigenvalue weighted by Crippen LogP contribution is 2.32. The molecule has 0 aliphatic rings. The molecule has 0 unspecified atom stereocenters. The average molecular weight is 286 g/mol. The predicted molar refractivity (Wildman–Crippen MR) is 84.2 cm³/mol. The summed E-state index contributed by atoms with van der Waals surface area (Å²) in [6, 6.07) is 14.2. The van der Waals surface area contributed by atoms with Crippen molar-refractivity contribution < 1.29 is 4.42 Å². The van der Waals surface area contributed by atoms with E-state index in [2.05, 4.69) is 30.4 Å². The van der Waals surface area contributed by atoms with Gasteiger partial charge in [-0.1, -0.05) is 29.8 Å². The molecule has 3 heteroatoms. The van der Waals surface area contributed by atoms with Crippen LogP contribution >= 0.6 is 11.6 Å². The number of furan rings is 1. The van der Waals surface area contributed by atoms with Gasteiger partial charge < -0.3 is 9.73 Å². The van der Waals surface area contributed by atoms with E-state index in [-0.39, 0.29) is 0 Å². The van der Waals surface area contributed by atoms with Gasteiger partial charge in [0.05, 0.1) is 0 Å². The Kier molecular flexibility index (Phi) is 3.51. The van der Waals surface area contributed by atoms with E-state index in [0.717, 1.165) is 45.0 Å². The highest BCUT2D eigenvalue weighted by atomic mass is 35.5. The third-order valence-corrected chi connectivity index (χ3v) is 3.68. The first-order valence-corrected chi connectivity index (χ1v) is 6.99. The molecule has 0 spiro atoms. The summed E-state index contributed by atoms with van der Waals surface area (Å²) in [4.78, 5) is 0. The molecule has 1 N–H and O–H groups in total. The molecular formula is C17H16ClNO. The van der Waals surface area contributed by atoms with Gasteiger partial charge in [0.2, 0.25) is 0 Å². The van der Waals surface area contributed by atoms with Crippen molar-refractivity contribution in [3.05, 3.63) is 58.6 Å². The van der Waals surface area contributed by atoms with E-state index in [4.69, 9.17) is 16.0 Å². The summed E-state index contributed by atoms with van der Waals surface area (Å²) in [7, 11) is 1.92. The first kappa shape index (κ1) is 13.2. The highest BCUT2D eigenvalue weighted by Gasteiger charge is 2.11. The summed E-state index contributed by atoms with van der Waals surface area (Å²) in [5.74, 6) is 0.885. The second-order valence-corrected chi connectivity index (χ2v) is 5.37. The first-order valence-electron chi connectivity index (χ1n) is 6.61. The Labute approximate surface area is 123 Å². The van der Waals surface area contributed by atoms with Gasteiger partial charge in [0.25, 0.3) is 0 Å². The van der Waals surface area contributed by atoms with Gasteiger partial charge in [-0.15, -0.1) is 0 Å². The van der Waals surface area contributed by atoms with E-state index in [0.29, 0.717) is 0 Å². The summed E-state index contributed by atoms with van der Waals surface area (Å²) in [6.45, 7) is 2.82. The molecule has 0 fully saturated rings. The molecule has 3 rings (SSSR count). The SMILES string of the molecule is CNCc1cc(Cl)ccc1-c1cc2cccc(C)c2o1. The average Bonchev–Trinajstić information content (AvgIpc) is 2.84. The molecule has 0 amide bonds. The van der Waals surface area contributed by atoms with Crippen molar-refractivity contribution >= 4 is 22.6 Å². The molecule has 0 bridgehead atoms. The number of nitrogens with one attached hydrogen (secondary N) is 1. The maximum absolute atomic E-state index is 6.09. The molecule has 2 nitrogen and oxygen atoms in total. The minimum absolute atomic E-state index is 0.742. The lowest BCUT2D eigenvalue weighted by Gasteiger charge is -2.07. The van der Waals surface area contributed by atoms with E-state index in [9.17, 15) is 0 Å². The molecule has 0 aliphatic carbocycles. The molecular weight excluding hydrogens is 270 g/mol. The summed E-state index contributed by atoms with van der Waals surface area (Å²) in [5, 5.41) is 5.04. The molecule has 0 atom stereocenters. The van der Waals surface area contributed by atoms with Gasteiger partial charge >= 0.3 is 0 Å². The Morgan fingerprint density at radius 2 is 2.00 bits per heavy atom. The maximum Gasteiger partial charge on any atom is 0.137 e. The molecule has 102 valence electrons. The van der Waals surface area contributed by atoms with Crippen LogP contribution in [0.4, 0.5) is 0 Å². The quantitative estimate of drug-likeness (QED) is 0.749. The second kappa shape index (κ2) is 5.31. The lowest BCUT2D eigenvalue weighted by Crippen LogP contribution is -2.06. The van der Waals surface area contributed by atoms with Crippen LogP contribution in [0.2, 0.25) is 5.02 Å². The zero-order valence-electron chi connectivity index (χ0n) is 11.5. The molecule has 0 saturated carbocycles. The van der Waals surface area contributed by atoms with Crippen LogP contribution in [0.3, 0.4) is 0 Å². The lowest BCUT2D eigenvalue weighted by atomic mass is 10.0. The fraction of sp³-hybridized carbons (Fsp3) is 0.176. The number of fused-ring (bicyclic) bond motifs is 1. The van der Waals surface area contributed by atoms with Gasteiger partial charge in [0.15, 0.2) is 0 Å². The van der Waals surface area contributed by atoms with Crippen molar-refractivity contribution in [1.29, 1.82) is 0 Å². The Morgan fingerprint density at radius 3 is 2.75 bits per heavy atom. The standard InChI is InChI=1S/C17H16ClNO/c1-11-4-3-5-12-9-16(20-17(11)12)15-7-6-14(18)8-13(15)10-19-2/h3-9,19H,10H2,1-2H3. The Bertz CT molecular complexity index is 761. The number of hydrogen-bond donors (Lipinski definition) is 1. The van der Waals surface area contributed by atoms with Gasteiger partial charge in [-0.2, -0.15) is 0 Å². The van der Waals surface area contributed by atoms with Gasteiger partial charge in [0, 0.05) is 22.5 Å². The summed E-state index contributed by atoms with van der Waals surface area (Å²) in [5.41, 5.74) is 4.32. The zero-order chi connectivity index (χ0) is 14.1. The number of para-hydroxylation sites is 1. The fourth-order valence-corrected chi connectivity index (χ4v) is 2.68. The van der Waals surface area contributed by atoms with Crippen molar-refractivity contribution in [3.8, 4) is 11.3 Å². The van der Waals surface area contributed by atoms with Crippen LogP contribution in [-0.4, -0.2) is 7.05 Å². The van der Waals surface area contributed by atoms with Crippen LogP contribution in [0, 0.1) is 6.92 Å². The number of benzene rings is 2. The van der Waals surface area contributed by atoms with E-state index < -0.39 is 0 Å². The Morgan fingerprint density at radius 1 is 1.15 bits per heavy atom. The monoisotopic (exact) mass is 285 g/mol. The first-order chi connectivity index (χ1) is 9.69. The topological polar surface area (TPSA) is 25.2 Å². The Hall–Kier alpha value is -1.77. The number of rotatable bonds is 3. The molecule has 20 heavy (non-hydrogen) atoms. The van der Waals surface area contributed by atoms with Gasteiger partial charge in [-0.3, -0.25) is 0 Å². The van der Waals surface area contributed by atoms with Crippen molar-refractivity contribution in [1.82, 2.24) is 5.32 Å². The largest absolute Gasteiger partial charge is 0.456 e. The van der Waals surface area contributed by atoms with Crippen molar-refractivity contribution in [3.63, 3.8) is 0 Å². The zero-order valence-corrected chi connectivity index (χ0v) is 12.3. The minimum atomic E-state index is 0.742. The molecule has 0 aliphatic heterocycles. The predicted octanol–water partition coefficient (Wildman–Crippen LogP) is 4.78. The maximum atomic E-state index is 6.09. The van der Waals surface area contributed by atoms with E-state index >= 15 is 0 Å². The van der Waals surface area contributed by atoms with Crippen LogP contribution in [0.15, 0.2) is 46.9 Å². The molecule has 1 aromatic heterocycles. The van der Waals surface area contributed by atoms with Gasteiger partial charge in [-0.05, 0) is 49.4 Å². The van der Waals surface area contributed by atoms with Crippen LogP contribution in [-0.2, 0) is 6.54 Å². The highest BCUT2D eigenvalue weighted by molar-refractivity contribution is 6.30. The van der Waals surface area contributed by atoms with Crippen LogP contribution in [0.5, 0.6) is 0 Å². The van der Waals surface area contributed by atoms with Gasteiger partial charge in [0.1, 0.15) is 11.3 Å². The van der Waals surface area contributed by atoms with Crippen LogP contribution in [0.25, 0.3) is 22.3 Å². The Balaban J connectivity index is 2.17. The number of hydrogen-bond acceptors (Lipinski definition) is 2. The lowest BCUT2D eigenvalue weighted by molar-refractivity contribution is 0.627. The van der Waals surface area contributed by atoms with Crippen molar-refractivity contribution in [2.45, 2.75) is 13.5 Å². The molecule has 1 heterocycles. The third kappa shape index (κ3) is 2.33. The van der Waals surface area contributed by atoms with E-state index in [1.165, 1.54) is 0 Å². The summed E-state index contributed by atoms with van der Waals surface area (Å²) >= 11 is 6.09. The van der Waals surface area contributed by atoms with E-state index in [1.54, 1.807) is 0 Å². The minimum Gasteiger partial charge on any atom is -0.456 e. The normalized spacial score (nSPS) is 11.2. The van der Waals surface area contributed by atoms with Crippen LogP contribution < -0.4 is 5.32 Å². The van der Waals surface area contributed by atoms with Crippen molar-refractivity contribution in [2.24, 2.45) is 0 Å². The smallest absolute Gasteiger partial charge is 0.137 e. The van der Waals surface area contributed by atoms with E-state index in [1.807, 2.05) is 31.3 Å². The van der Waals surface area contributed by atoms with Crippen molar-refractivity contribution in [2.75, 3.05) is 7.05 Å². The number of aryl methyl sites for hydroxylation is 1. The van der Waals surface area contributed by atoms with Crippen LogP contribution in [0.1, 0.15) is 11.1 Å². The third-order valence-electron chi connectivity index (χ3n) is 3.44. The fourth-order valence-electron chi connectivity index (χ4n) is 2.48.